The molecule has 4 saturated carbocycles. The SMILES string of the molecule is C/C=C/C1CCCCC1.CC(c1ccccc1)N1CCOCC1.CC1CC1.CC1CCCCC1.CCC(C)c1ccccc1.CCCC(c1ccccc1)c1ccccc1.CCCC1CCCCC1.CCCc1cc2ccccc2s1.CCCc1ccc(OCCOC)cc1.CCCc1cccs1.Cc1ccc(-c2ccccc2)s1.Cc1cccc(-c2cccc3[nH]ccc23)c1.Cc1ccccc1C(=O)O. The van der Waals surface area contributed by atoms with E-state index in [4.69, 9.17) is 19.3 Å². The Morgan fingerprint density at radius 3 is 1.55 bits per heavy atom. The van der Waals surface area contributed by atoms with Gasteiger partial charge in [0.1, 0.15) is 12.4 Å². The van der Waals surface area contributed by atoms with Crippen molar-refractivity contribution in [3.63, 3.8) is 0 Å². The Kier molecular flexibility index (Phi) is 61.2. The largest absolute Gasteiger partial charge is 0.491 e. The molecule has 5 fully saturated rings. The van der Waals surface area contributed by atoms with Crippen LogP contribution < -0.4 is 4.74 Å². The van der Waals surface area contributed by atoms with Gasteiger partial charge in [0.25, 0.3) is 0 Å². The molecule has 7 nitrogen and oxygen atoms in total. The van der Waals surface area contributed by atoms with Gasteiger partial charge in [-0.1, -0.05) is 458 Å². The third-order valence-corrected chi connectivity index (χ3v) is 29.5. The molecule has 19 rings (SSSR count). The molecule has 141 heavy (non-hydrogen) atoms. The normalized spacial score (nSPS) is 14.3. The summed E-state index contributed by atoms with van der Waals surface area (Å²) in [6.45, 7) is 35.8. The maximum Gasteiger partial charge on any atom is 0.335 e. The molecular formula is C131H176N2O5S3. The van der Waals surface area contributed by atoms with E-state index in [1.54, 1.807) is 32.2 Å². The smallest absolute Gasteiger partial charge is 0.335 e. The third kappa shape index (κ3) is 49.2. The first-order valence-electron chi connectivity index (χ1n) is 53.8. The van der Waals surface area contributed by atoms with Gasteiger partial charge in [0.05, 0.1) is 25.4 Å². The molecule has 14 aromatic rings. The highest BCUT2D eigenvalue weighted by atomic mass is 32.1. The molecule has 5 heterocycles. The van der Waals surface area contributed by atoms with E-state index >= 15 is 0 Å². The average molecular weight is 1960 g/mol. The molecule has 4 aliphatic carbocycles. The number of rotatable bonds is 24. The fourth-order valence-corrected chi connectivity index (χ4v) is 20.5. The van der Waals surface area contributed by atoms with Gasteiger partial charge in [-0.15, -0.1) is 34.0 Å². The second-order valence-corrected chi connectivity index (χ2v) is 41.8. The summed E-state index contributed by atoms with van der Waals surface area (Å²) >= 11 is 5.61. The van der Waals surface area contributed by atoms with Gasteiger partial charge >= 0.3 is 5.97 Å². The number of ether oxygens (including phenoxy) is 3. The number of morpholine rings is 1. The Bertz CT molecular complexity index is 5330. The number of carboxylic acids is 1. The van der Waals surface area contributed by atoms with Gasteiger partial charge < -0.3 is 24.3 Å². The minimum absolute atomic E-state index is 0.377. The molecule has 2 N–H and O–H groups in total. The highest BCUT2D eigenvalue weighted by molar-refractivity contribution is 7.19. The number of aryl methyl sites for hydroxylation is 6. The molecule has 758 valence electrons. The number of aromatic nitrogens is 1. The number of aromatic amines is 1. The predicted octanol–water partition coefficient (Wildman–Crippen LogP) is 39.2. The predicted molar refractivity (Wildman–Crippen MR) is 619 cm³/mol. The van der Waals surface area contributed by atoms with E-state index in [-0.39, 0.29) is 0 Å². The van der Waals surface area contributed by atoms with Gasteiger partial charge in [-0.3, -0.25) is 4.90 Å². The molecule has 5 aliphatic rings. The zero-order valence-electron chi connectivity index (χ0n) is 89.0. The van der Waals surface area contributed by atoms with Crippen LogP contribution in [0.4, 0.5) is 0 Å². The van der Waals surface area contributed by atoms with Crippen LogP contribution in [0.5, 0.6) is 5.75 Å². The lowest BCUT2D eigenvalue weighted by atomic mass is 9.86. The number of benzene rings is 10. The van der Waals surface area contributed by atoms with Crippen LogP contribution in [0, 0.1) is 44.4 Å². The van der Waals surface area contributed by atoms with E-state index in [2.05, 4.69) is 378 Å². The van der Waals surface area contributed by atoms with E-state index < -0.39 is 5.97 Å². The molecule has 4 aromatic heterocycles. The van der Waals surface area contributed by atoms with Crippen LogP contribution in [0.15, 0.2) is 327 Å². The maximum atomic E-state index is 10.4. The topological polar surface area (TPSA) is 84.0 Å². The number of methoxy groups -OCH3 is 1. The number of nitrogens with one attached hydrogen (secondary N) is 1. The Hall–Kier alpha value is -10.0. The Labute approximate surface area is 866 Å². The van der Waals surface area contributed by atoms with E-state index in [1.165, 1.54) is 264 Å². The fraction of sp³-hybridized carbons (Fsp3) is 0.427. The maximum absolute atomic E-state index is 10.4. The zero-order chi connectivity index (χ0) is 101. The van der Waals surface area contributed by atoms with Crippen LogP contribution in [0.1, 0.15) is 318 Å². The summed E-state index contributed by atoms with van der Waals surface area (Å²) in [6.07, 6.45) is 45.6. The molecule has 1 aliphatic heterocycles. The van der Waals surface area contributed by atoms with Crippen molar-refractivity contribution in [1.82, 2.24) is 9.88 Å². The van der Waals surface area contributed by atoms with Gasteiger partial charge in [0.15, 0.2) is 0 Å². The average Bonchev–Trinajstić information content (AvgIpc) is 1.70. The quantitative estimate of drug-likeness (QED) is 0.0463. The van der Waals surface area contributed by atoms with Crippen LogP contribution in [0.25, 0.3) is 42.6 Å². The van der Waals surface area contributed by atoms with Crippen LogP contribution >= 0.6 is 34.0 Å². The summed E-state index contributed by atoms with van der Waals surface area (Å²) in [5.41, 5.74) is 14.6. The highest BCUT2D eigenvalue weighted by Gasteiger charge is 2.19. The van der Waals surface area contributed by atoms with Gasteiger partial charge in [0.2, 0.25) is 0 Å². The Balaban J connectivity index is 0.000000210. The minimum atomic E-state index is -0.863. The fourth-order valence-electron chi connectivity index (χ4n) is 17.6. The van der Waals surface area contributed by atoms with Crippen molar-refractivity contribution in [2.45, 2.75) is 295 Å². The second kappa shape index (κ2) is 73.1. The summed E-state index contributed by atoms with van der Waals surface area (Å²) in [6, 6.07) is 106. The van der Waals surface area contributed by atoms with E-state index in [9.17, 15) is 4.79 Å². The number of hydrogen-bond acceptors (Lipinski definition) is 8. The van der Waals surface area contributed by atoms with Crippen molar-refractivity contribution in [3.05, 3.63) is 386 Å². The Morgan fingerprint density at radius 1 is 0.496 bits per heavy atom. The lowest BCUT2D eigenvalue weighted by Gasteiger charge is -2.32. The van der Waals surface area contributed by atoms with Gasteiger partial charge in [0, 0.05) is 73.5 Å². The van der Waals surface area contributed by atoms with E-state index in [1.807, 2.05) is 64.5 Å². The number of allylic oxidation sites excluding steroid dienone is 2. The molecule has 0 spiro atoms. The number of thiophene rings is 3. The number of carboxylic acid groups (broad SMARTS) is 1. The standard InChI is InChI=1S/C16H18.C15H13N.C12H17NO.C12H18O2.C11H10S.C11H12S.C10H14.C9H18.C9H16.C8H8O2.C7H10S.C7H14.C4H8/c1-2-9-16(14-10-5-3-6-11-14)15-12-7-4-8-13-15;1-11-4-2-5-12(10-11)13-6-3-7-15-14(13)8-9-16-15;1-11(12-5-3-2-4-6-12)13-7-9-14-10-8-13;1-3-4-11-5-7-12(8-6-11)14-10-9-13-2;1-9-7-8-11(12-9)10-5-3-2-4-6-10;1-2-5-10-8-9-6-3-4-7-11(9)12-10;1-3-9(2)10-7-5-4-6-8-10;2*1-2-6-9-7-4-3-5-8-9;1-6-4-2-3-5-7(6)8(9)10;1-2-4-7-5-3-6-8-7;1-7-5-3-2-4-6-7;1-4-2-3-4/h3-8,10-13,16H,2,9H2,1H3;2-10,16H,1H3;2-6,11H,7-10H2,1H3;5-8H,3-4,9-10H2,1-2H3;2-8H,1H3;3-4,6-8H,2,5H2,1H3;4-9H,3H2,1-2H3;9H,2-8H2,1H3;2,6,9H,3-5,7-8H2,1H3;2-5H,1H3,(H,9,10);3,5-6H,2,4H2,1H3;7H,2-6H2,1H3;4H,2-3H2,1H3/b;;;;;;;;6-2+;;;;. The summed E-state index contributed by atoms with van der Waals surface area (Å²) in [7, 11) is 1.67. The van der Waals surface area contributed by atoms with Crippen LogP contribution in [-0.4, -0.2) is 67.6 Å². The molecule has 0 radical (unpaired) electrons. The monoisotopic (exact) mass is 1950 g/mol. The number of hydrogen-bond donors (Lipinski definition) is 2. The summed E-state index contributed by atoms with van der Waals surface area (Å²) < 4.78 is 17.1. The van der Waals surface area contributed by atoms with Crippen LogP contribution in [-0.2, 0) is 28.7 Å². The molecule has 0 bridgehead atoms. The van der Waals surface area contributed by atoms with Crippen molar-refractivity contribution < 1.29 is 24.1 Å². The lowest BCUT2D eigenvalue weighted by Crippen LogP contribution is -2.37. The molecular weight excluding hydrogens is 1780 g/mol. The third-order valence-electron chi connectivity index (χ3n) is 26.3. The molecule has 10 aromatic carbocycles. The van der Waals surface area contributed by atoms with Crippen molar-refractivity contribution in [2.75, 3.05) is 46.6 Å². The molecule has 10 heteroatoms. The van der Waals surface area contributed by atoms with Crippen molar-refractivity contribution >= 4 is 61.0 Å². The summed E-state index contributed by atoms with van der Waals surface area (Å²) in [5.74, 6) is 5.45. The first-order valence-corrected chi connectivity index (χ1v) is 56.3. The first kappa shape index (κ1) is 118. The Morgan fingerprint density at radius 2 is 1.04 bits per heavy atom. The van der Waals surface area contributed by atoms with Gasteiger partial charge in [-0.25, -0.2) is 4.79 Å². The van der Waals surface area contributed by atoms with Gasteiger partial charge in [-0.05, 0) is 231 Å². The lowest BCUT2D eigenvalue weighted by molar-refractivity contribution is 0.0198. The number of carbonyl (C=O) groups is 1. The van der Waals surface area contributed by atoms with E-state index in [0.29, 0.717) is 36.7 Å². The summed E-state index contributed by atoms with van der Waals surface area (Å²) in [5, 5.41) is 13.4. The van der Waals surface area contributed by atoms with Crippen molar-refractivity contribution in [1.29, 1.82) is 0 Å². The van der Waals surface area contributed by atoms with Crippen LogP contribution in [0.2, 0.25) is 0 Å². The summed E-state index contributed by atoms with van der Waals surface area (Å²) in [4.78, 5) is 21.9. The number of H-pyrrole nitrogens is 1. The van der Waals surface area contributed by atoms with E-state index in [0.717, 1.165) is 67.7 Å². The van der Waals surface area contributed by atoms with Crippen molar-refractivity contribution in [2.24, 2.45) is 23.7 Å². The number of fused-ring (bicyclic) bond motifs is 2. The van der Waals surface area contributed by atoms with Crippen LogP contribution in [0.3, 0.4) is 0 Å². The molecule has 2 unspecified atom stereocenters. The highest BCUT2D eigenvalue weighted by Crippen LogP contribution is 2.34. The second-order valence-electron chi connectivity index (χ2n) is 38.3. The molecule has 1 saturated heterocycles. The van der Waals surface area contributed by atoms with Crippen molar-refractivity contribution in [3.8, 4) is 27.3 Å². The molecule has 2 atom stereocenters. The molecule has 0 amide bonds. The van der Waals surface area contributed by atoms with Gasteiger partial charge in [-0.2, -0.15) is 0 Å². The zero-order valence-corrected chi connectivity index (χ0v) is 91.5. The number of nitrogens with zero attached hydrogens (tertiary/aromatic N) is 1. The number of aromatic carboxylic acids is 1. The minimum Gasteiger partial charge on any atom is -0.491 e. The first-order chi connectivity index (χ1) is 68.9.